The third-order valence-corrected chi connectivity index (χ3v) is 7.91. The van der Waals surface area contributed by atoms with E-state index in [1.54, 1.807) is 0 Å². The van der Waals surface area contributed by atoms with E-state index < -0.39 is 95.2 Å². The van der Waals surface area contributed by atoms with Gasteiger partial charge in [0.1, 0.15) is 42.9 Å². The summed E-state index contributed by atoms with van der Waals surface area (Å²) in [6.45, 7) is -1.03. The molecule has 210 valence electrons. The summed E-state index contributed by atoms with van der Waals surface area (Å²) in [6.07, 6.45) is -15.5. The number of phosphoric ester groups is 2. The average Bonchev–Trinajstić information content (AvgIpc) is 3.07. The predicted octanol–water partition coefficient (Wildman–Crippen LogP) is -4.20. The van der Waals surface area contributed by atoms with Gasteiger partial charge >= 0.3 is 21.3 Å². The van der Waals surface area contributed by atoms with E-state index in [9.17, 15) is 58.8 Å². The first kappa shape index (κ1) is 29.9. The molecule has 0 saturated carbocycles. The molecule has 3 heterocycles. The molecule has 11 atom stereocenters. The molecule has 0 bridgehead atoms. The topological polar surface area (TPSA) is 294 Å². The molecule has 0 aliphatic carbocycles. The number of aromatic amines is 1. The molecule has 3 rings (SSSR count). The number of aliphatic hydroxyl groups is 5. The Bertz CT molecular complexity index is 1170. The van der Waals surface area contributed by atoms with Crippen LogP contribution in [-0.2, 0) is 36.8 Å². The summed E-state index contributed by atoms with van der Waals surface area (Å²) in [7, 11) is -11.1. The van der Waals surface area contributed by atoms with Crippen LogP contribution in [0.15, 0.2) is 21.9 Å². The second-order valence-corrected chi connectivity index (χ2v) is 10.9. The molecule has 0 aromatic carbocycles. The lowest BCUT2D eigenvalue weighted by Gasteiger charge is -2.39. The average molecular weight is 578 g/mol. The van der Waals surface area contributed by atoms with Crippen LogP contribution < -0.4 is 11.2 Å². The Morgan fingerprint density at radius 2 is 1.59 bits per heavy atom. The minimum absolute atomic E-state index is 0.286. The van der Waals surface area contributed by atoms with Crippen molar-refractivity contribution in [2.75, 3.05) is 6.61 Å². The smallest absolute Gasteiger partial charge is 0.388 e. The third kappa shape index (κ3) is 7.05. The highest BCUT2D eigenvalue weighted by atomic mass is 31.3. The van der Waals surface area contributed by atoms with Crippen LogP contribution >= 0.6 is 15.6 Å². The van der Waals surface area contributed by atoms with E-state index in [0.29, 0.717) is 0 Å². The molecule has 37 heavy (non-hydrogen) atoms. The number of aliphatic hydroxyl groups excluding tert-OH is 5. The molecule has 1 aromatic heterocycles. The first-order valence-corrected chi connectivity index (χ1v) is 13.3. The number of rotatable bonds is 10. The van der Waals surface area contributed by atoms with Gasteiger partial charge in [0.25, 0.3) is 5.56 Å². The molecule has 1 aromatic rings. The van der Waals surface area contributed by atoms with Gasteiger partial charge in [-0.2, -0.15) is 4.31 Å². The lowest BCUT2D eigenvalue weighted by Crippen LogP contribution is -2.58. The summed E-state index contributed by atoms with van der Waals surface area (Å²) >= 11 is 0. The number of aldehydes is 1. The summed E-state index contributed by atoms with van der Waals surface area (Å²) < 4.78 is 48.4. The molecule has 8 N–H and O–H groups in total. The highest BCUT2D eigenvalue weighted by molar-refractivity contribution is 7.61. The Balaban J connectivity index is 1.62. The van der Waals surface area contributed by atoms with Crippen LogP contribution in [-0.4, -0.2) is 107 Å². The quantitative estimate of drug-likeness (QED) is 0.0964. The van der Waals surface area contributed by atoms with Gasteiger partial charge in [0.15, 0.2) is 12.5 Å². The number of carbonyl (C=O) groups is 1. The van der Waals surface area contributed by atoms with Crippen molar-refractivity contribution in [1.29, 1.82) is 0 Å². The van der Waals surface area contributed by atoms with Crippen molar-refractivity contribution >= 4 is 21.9 Å². The van der Waals surface area contributed by atoms with E-state index in [4.69, 9.17) is 9.47 Å². The first-order valence-electron chi connectivity index (χ1n) is 10.3. The van der Waals surface area contributed by atoms with Crippen LogP contribution in [0.2, 0.25) is 0 Å². The summed E-state index contributed by atoms with van der Waals surface area (Å²) in [6, 6.07) is 0.927. The van der Waals surface area contributed by atoms with Crippen LogP contribution in [0.5, 0.6) is 0 Å². The molecule has 2 saturated heterocycles. The minimum atomic E-state index is -5.61. The lowest BCUT2D eigenvalue weighted by atomic mass is 9.97. The number of aromatic nitrogens is 2. The Kier molecular flexibility index (Phi) is 9.37. The molecule has 2 fully saturated rings. The fraction of sp³-hybridized carbons (Fsp3) is 0.688. The van der Waals surface area contributed by atoms with Crippen molar-refractivity contribution in [3.63, 3.8) is 0 Å². The molecule has 2 unspecified atom stereocenters. The van der Waals surface area contributed by atoms with E-state index >= 15 is 0 Å². The van der Waals surface area contributed by atoms with Crippen molar-refractivity contribution < 1.29 is 72.1 Å². The number of hydrogen-bond donors (Lipinski definition) is 8. The van der Waals surface area contributed by atoms with Crippen molar-refractivity contribution in [3.05, 3.63) is 33.1 Å². The zero-order valence-electron chi connectivity index (χ0n) is 18.4. The molecular formula is C16H24N2O17P2. The van der Waals surface area contributed by atoms with Gasteiger partial charge in [0, 0.05) is 18.7 Å². The van der Waals surface area contributed by atoms with Crippen LogP contribution in [0.4, 0.5) is 0 Å². The number of nitrogens with zero attached hydrogens (tertiary/aromatic N) is 1. The van der Waals surface area contributed by atoms with Gasteiger partial charge in [0.05, 0.1) is 12.7 Å². The van der Waals surface area contributed by atoms with Crippen LogP contribution in [0.25, 0.3) is 0 Å². The van der Waals surface area contributed by atoms with Crippen LogP contribution in [0.1, 0.15) is 12.6 Å². The second-order valence-electron chi connectivity index (χ2n) is 7.90. The van der Waals surface area contributed by atoms with Gasteiger partial charge in [-0.1, -0.05) is 0 Å². The lowest BCUT2D eigenvalue weighted by molar-refractivity contribution is -0.274. The Labute approximate surface area is 205 Å². The van der Waals surface area contributed by atoms with E-state index in [0.717, 1.165) is 16.8 Å². The highest BCUT2D eigenvalue weighted by Crippen LogP contribution is 2.61. The van der Waals surface area contributed by atoms with Crippen molar-refractivity contribution in [1.82, 2.24) is 9.55 Å². The zero-order valence-corrected chi connectivity index (χ0v) is 20.2. The molecule has 2 aliphatic rings. The minimum Gasteiger partial charge on any atom is -0.388 e. The summed E-state index contributed by atoms with van der Waals surface area (Å²) in [5.74, 6) is 0. The zero-order chi connectivity index (χ0) is 27.7. The fourth-order valence-electron chi connectivity index (χ4n) is 3.49. The number of carbonyl (C=O) groups excluding carboxylic acids is 1. The van der Waals surface area contributed by atoms with Gasteiger partial charge in [-0.05, 0) is 0 Å². The van der Waals surface area contributed by atoms with E-state index in [1.807, 2.05) is 4.98 Å². The van der Waals surface area contributed by atoms with Gasteiger partial charge in [-0.3, -0.25) is 23.4 Å². The van der Waals surface area contributed by atoms with Crippen LogP contribution in [0.3, 0.4) is 0 Å². The summed E-state index contributed by atoms with van der Waals surface area (Å²) in [5.41, 5.74) is -1.75. The van der Waals surface area contributed by atoms with Gasteiger partial charge in [0.2, 0.25) is 0 Å². The maximum atomic E-state index is 12.2. The largest absolute Gasteiger partial charge is 0.483 e. The third-order valence-electron chi connectivity index (χ3n) is 5.30. The van der Waals surface area contributed by atoms with Gasteiger partial charge < -0.3 is 49.6 Å². The number of phosphoric acid groups is 2. The maximum absolute atomic E-state index is 12.2. The number of H-pyrrole nitrogens is 1. The van der Waals surface area contributed by atoms with Crippen molar-refractivity contribution in [3.8, 4) is 0 Å². The number of nitrogens with one attached hydrogen (secondary N) is 1. The monoisotopic (exact) mass is 578 g/mol. The molecular weight excluding hydrogens is 554 g/mol. The Hall–Kier alpha value is -1.67. The first-order chi connectivity index (χ1) is 17.2. The molecule has 2 aliphatic heterocycles. The van der Waals surface area contributed by atoms with E-state index in [1.165, 1.54) is 0 Å². The normalized spacial score (nSPS) is 37.5. The highest BCUT2D eigenvalue weighted by Gasteiger charge is 2.49. The Morgan fingerprint density at radius 3 is 2.22 bits per heavy atom. The van der Waals surface area contributed by atoms with Gasteiger partial charge in [-0.15, -0.1) is 0 Å². The standard InChI is InChI=1S/C16H24N2O17P2/c19-4-2-6-9(21)11(23)13(25)15(33-6)34-37(29,30)35-36(27,28)31-5-7-10(22)12(24)14(32-7)18-3-1-8(20)17-16(18)26/h1,3-4,6-7,9-15,21-25H,2,5H2,(H,27,28)(H,29,30)(H,17,20,26)/t6-,7-,9+,10-,11+,12-,13-,14-,15-/m1/s1. The number of ether oxygens (including phenoxy) is 2. The Morgan fingerprint density at radius 1 is 0.946 bits per heavy atom. The van der Waals surface area contributed by atoms with Crippen molar-refractivity contribution in [2.45, 2.75) is 61.7 Å². The predicted molar refractivity (Wildman–Crippen MR) is 112 cm³/mol. The van der Waals surface area contributed by atoms with E-state index in [2.05, 4.69) is 13.4 Å². The van der Waals surface area contributed by atoms with Gasteiger partial charge in [-0.25, -0.2) is 13.9 Å². The molecule has 0 radical (unpaired) electrons. The van der Waals surface area contributed by atoms with Crippen molar-refractivity contribution in [2.24, 2.45) is 0 Å². The maximum Gasteiger partial charge on any atom is 0.483 e. The molecule has 19 nitrogen and oxygen atoms in total. The molecule has 0 spiro atoms. The second kappa shape index (κ2) is 11.6. The van der Waals surface area contributed by atoms with E-state index in [-0.39, 0.29) is 6.29 Å². The van der Waals surface area contributed by atoms with Crippen LogP contribution in [0, 0.1) is 0 Å². The number of hydrogen-bond acceptors (Lipinski definition) is 15. The molecule has 0 amide bonds. The fourth-order valence-corrected chi connectivity index (χ4v) is 5.65. The molecule has 21 heteroatoms. The SMILES string of the molecule is O=CC[C@H]1O[C@H](OP(=O)(O)OP(=O)(O)OC[C@H]2O[C@@H](n3ccc(=O)[nH]c3=O)[C@H](O)[C@@H]2O)[C@H](O)[C@@H](O)[C@H]1O. The summed E-state index contributed by atoms with van der Waals surface area (Å²) in [5, 5.41) is 49.8. The summed E-state index contributed by atoms with van der Waals surface area (Å²) in [4.78, 5) is 55.3.